The Balaban J connectivity index is 2.22. The third-order valence-corrected chi connectivity index (χ3v) is 3.41. The Hall–Kier alpha value is -1.49. The van der Waals surface area contributed by atoms with Gasteiger partial charge >= 0.3 is 0 Å². The summed E-state index contributed by atoms with van der Waals surface area (Å²) < 4.78 is 0. The topological polar surface area (TPSA) is 58.2 Å². The van der Waals surface area contributed by atoms with Crippen LogP contribution >= 0.6 is 11.8 Å². The van der Waals surface area contributed by atoms with E-state index in [1.165, 1.54) is 0 Å². The largest absolute Gasteiger partial charge is 0.355 e. The lowest BCUT2D eigenvalue weighted by Gasteiger charge is -2.10. The summed E-state index contributed by atoms with van der Waals surface area (Å²) in [6, 6.07) is 9.28. The van der Waals surface area contributed by atoms with Crippen molar-refractivity contribution in [3.63, 3.8) is 0 Å². The number of rotatable bonds is 7. The van der Waals surface area contributed by atoms with Gasteiger partial charge in [-0.2, -0.15) is 11.8 Å². The fourth-order valence-corrected chi connectivity index (χ4v) is 2.20. The monoisotopic (exact) mass is 280 g/mol. The number of thioether (sulfide) groups is 1. The summed E-state index contributed by atoms with van der Waals surface area (Å²) in [5.74, 6) is 0.681. The van der Waals surface area contributed by atoms with Gasteiger partial charge in [0.15, 0.2) is 0 Å². The van der Waals surface area contributed by atoms with Gasteiger partial charge in [-0.1, -0.05) is 25.1 Å². The number of carbonyl (C=O) groups excluding carboxylic acids is 2. The number of benzene rings is 1. The van der Waals surface area contributed by atoms with Crippen molar-refractivity contribution in [1.29, 1.82) is 0 Å². The van der Waals surface area contributed by atoms with Gasteiger partial charge in [-0.15, -0.1) is 0 Å². The van der Waals surface area contributed by atoms with Crippen LogP contribution in [0.3, 0.4) is 0 Å². The number of para-hydroxylation sites is 1. The van der Waals surface area contributed by atoms with Crippen LogP contribution in [0.1, 0.15) is 13.3 Å². The highest BCUT2D eigenvalue weighted by Crippen LogP contribution is 2.06. The highest BCUT2D eigenvalue weighted by atomic mass is 32.2. The molecule has 104 valence electrons. The van der Waals surface area contributed by atoms with Gasteiger partial charge in [0, 0.05) is 30.3 Å². The zero-order valence-electron chi connectivity index (χ0n) is 11.3. The van der Waals surface area contributed by atoms with E-state index in [2.05, 4.69) is 10.6 Å². The third-order valence-electron chi connectivity index (χ3n) is 2.57. The Kier molecular flexibility index (Phi) is 7.03. The number of carbonyl (C=O) groups is 2. The second-order valence-corrected chi connectivity index (χ2v) is 5.22. The van der Waals surface area contributed by atoms with Crippen molar-refractivity contribution in [2.24, 2.45) is 5.92 Å². The quantitative estimate of drug-likeness (QED) is 0.804. The molecule has 1 unspecified atom stereocenters. The Labute approximate surface area is 118 Å². The van der Waals surface area contributed by atoms with Crippen LogP contribution in [0.25, 0.3) is 0 Å². The minimum atomic E-state index is -0.0935. The summed E-state index contributed by atoms with van der Waals surface area (Å²) in [4.78, 5) is 23.2. The molecule has 0 saturated heterocycles. The minimum Gasteiger partial charge on any atom is -0.355 e. The molecule has 0 aliphatic rings. The molecule has 0 aliphatic carbocycles. The van der Waals surface area contributed by atoms with Crippen molar-refractivity contribution in [1.82, 2.24) is 5.32 Å². The maximum absolute atomic E-state index is 11.6. The summed E-state index contributed by atoms with van der Waals surface area (Å²) in [5.41, 5.74) is 0.773. The number of nitrogens with one attached hydrogen (secondary N) is 2. The lowest BCUT2D eigenvalue weighted by molar-refractivity contribution is -0.123. The van der Waals surface area contributed by atoms with Gasteiger partial charge in [0.1, 0.15) is 0 Å². The molecule has 1 aromatic rings. The molecular formula is C14H20N2O2S. The van der Waals surface area contributed by atoms with Crippen LogP contribution in [0.5, 0.6) is 0 Å². The Morgan fingerprint density at radius 1 is 1.26 bits per heavy atom. The third kappa shape index (κ3) is 6.29. The van der Waals surface area contributed by atoms with E-state index < -0.39 is 0 Å². The highest BCUT2D eigenvalue weighted by Gasteiger charge is 2.11. The normalized spacial score (nSPS) is 11.7. The van der Waals surface area contributed by atoms with Gasteiger partial charge in [-0.05, 0) is 18.4 Å². The molecule has 5 heteroatoms. The molecule has 4 nitrogen and oxygen atoms in total. The van der Waals surface area contributed by atoms with Gasteiger partial charge in [-0.3, -0.25) is 9.59 Å². The van der Waals surface area contributed by atoms with Gasteiger partial charge < -0.3 is 10.6 Å². The fourth-order valence-electron chi connectivity index (χ4n) is 1.54. The molecule has 2 amide bonds. The lowest BCUT2D eigenvalue weighted by Crippen LogP contribution is -2.32. The zero-order valence-corrected chi connectivity index (χ0v) is 12.1. The molecule has 0 fully saturated rings. The molecule has 19 heavy (non-hydrogen) atoms. The van der Waals surface area contributed by atoms with Crippen LogP contribution in [0.15, 0.2) is 30.3 Å². The maximum Gasteiger partial charge on any atom is 0.226 e. The van der Waals surface area contributed by atoms with Crippen molar-refractivity contribution in [2.75, 3.05) is 23.9 Å². The molecule has 0 aliphatic heterocycles. The van der Waals surface area contributed by atoms with E-state index >= 15 is 0 Å². The first-order chi connectivity index (χ1) is 9.13. The van der Waals surface area contributed by atoms with Gasteiger partial charge in [0.2, 0.25) is 11.8 Å². The molecule has 0 bridgehead atoms. The second kappa shape index (κ2) is 8.58. The van der Waals surface area contributed by atoms with Crippen molar-refractivity contribution < 1.29 is 9.59 Å². The number of amides is 2. The van der Waals surface area contributed by atoms with Gasteiger partial charge in [-0.25, -0.2) is 0 Å². The van der Waals surface area contributed by atoms with Crippen LogP contribution in [0, 0.1) is 5.92 Å². The maximum atomic E-state index is 11.6. The summed E-state index contributed by atoms with van der Waals surface area (Å²) in [6.07, 6.45) is 2.25. The first-order valence-electron chi connectivity index (χ1n) is 6.25. The van der Waals surface area contributed by atoms with E-state index in [0.29, 0.717) is 6.54 Å². The van der Waals surface area contributed by atoms with E-state index in [9.17, 15) is 9.59 Å². The molecule has 1 atom stereocenters. The second-order valence-electron chi connectivity index (χ2n) is 4.31. The van der Waals surface area contributed by atoms with E-state index in [4.69, 9.17) is 0 Å². The predicted octanol–water partition coefficient (Wildman–Crippen LogP) is 2.13. The molecule has 1 rings (SSSR count). The van der Waals surface area contributed by atoms with Crippen LogP contribution in [-0.4, -0.2) is 30.4 Å². The van der Waals surface area contributed by atoms with Crippen molar-refractivity contribution in [3.05, 3.63) is 30.3 Å². The molecule has 0 spiro atoms. The van der Waals surface area contributed by atoms with Crippen molar-refractivity contribution in [2.45, 2.75) is 13.3 Å². The average molecular weight is 280 g/mol. The van der Waals surface area contributed by atoms with E-state index in [0.717, 1.165) is 11.4 Å². The standard InChI is InChI=1S/C14H20N2O2S/c1-11(10-19-2)14(18)15-9-8-13(17)16-12-6-4-3-5-7-12/h3-7,11H,8-10H2,1-2H3,(H,15,18)(H,16,17). The molecule has 1 aromatic carbocycles. The molecule has 0 saturated carbocycles. The van der Waals surface area contributed by atoms with E-state index in [-0.39, 0.29) is 24.2 Å². The molecular weight excluding hydrogens is 260 g/mol. The molecule has 0 heterocycles. The summed E-state index contributed by atoms with van der Waals surface area (Å²) >= 11 is 1.64. The Bertz CT molecular complexity index is 409. The van der Waals surface area contributed by atoms with Crippen LogP contribution in [0.2, 0.25) is 0 Å². The fraction of sp³-hybridized carbons (Fsp3) is 0.429. The highest BCUT2D eigenvalue weighted by molar-refractivity contribution is 7.98. The average Bonchev–Trinajstić information content (AvgIpc) is 2.40. The van der Waals surface area contributed by atoms with Crippen LogP contribution < -0.4 is 10.6 Å². The SMILES string of the molecule is CSCC(C)C(=O)NCCC(=O)Nc1ccccc1. The van der Waals surface area contributed by atoms with Crippen molar-refractivity contribution >= 4 is 29.3 Å². The predicted molar refractivity (Wildman–Crippen MR) is 80.2 cm³/mol. The smallest absolute Gasteiger partial charge is 0.226 e. The van der Waals surface area contributed by atoms with Crippen molar-refractivity contribution in [3.8, 4) is 0 Å². The summed E-state index contributed by atoms with van der Waals surface area (Å²) in [6.45, 7) is 2.26. The van der Waals surface area contributed by atoms with Crippen LogP contribution in [0.4, 0.5) is 5.69 Å². The molecule has 2 N–H and O–H groups in total. The number of hydrogen-bond acceptors (Lipinski definition) is 3. The van der Waals surface area contributed by atoms with Gasteiger partial charge in [0.25, 0.3) is 0 Å². The van der Waals surface area contributed by atoms with Gasteiger partial charge in [0.05, 0.1) is 0 Å². The Morgan fingerprint density at radius 2 is 1.95 bits per heavy atom. The first-order valence-corrected chi connectivity index (χ1v) is 7.64. The zero-order chi connectivity index (χ0) is 14.1. The van der Waals surface area contributed by atoms with Crippen LogP contribution in [-0.2, 0) is 9.59 Å². The summed E-state index contributed by atoms with van der Waals surface area (Å²) in [5, 5.41) is 5.55. The number of hydrogen-bond donors (Lipinski definition) is 2. The lowest BCUT2D eigenvalue weighted by atomic mass is 10.2. The molecule has 0 aromatic heterocycles. The number of anilines is 1. The minimum absolute atomic E-state index is 0.00172. The first kappa shape index (κ1) is 15.6. The van der Waals surface area contributed by atoms with E-state index in [1.807, 2.05) is 43.5 Å². The Morgan fingerprint density at radius 3 is 2.58 bits per heavy atom. The van der Waals surface area contributed by atoms with E-state index in [1.54, 1.807) is 11.8 Å². The summed E-state index contributed by atoms with van der Waals surface area (Å²) in [7, 11) is 0. The molecule has 0 radical (unpaired) electrons.